The Hall–Kier alpha value is -4.16. The number of hydrogen-bond donors (Lipinski definition) is 0. The molecule has 0 saturated heterocycles. The molecule has 4 fully saturated rings. The molecule has 4 saturated carbocycles. The van der Waals surface area contributed by atoms with Crippen LogP contribution in [0.1, 0.15) is 55.7 Å². The van der Waals surface area contributed by atoms with Gasteiger partial charge >= 0.3 is 0 Å². The average Bonchev–Trinajstić information content (AvgIpc) is 3.35. The van der Waals surface area contributed by atoms with E-state index in [1.807, 2.05) is 0 Å². The van der Waals surface area contributed by atoms with Crippen molar-refractivity contribution in [2.24, 2.45) is 23.7 Å². The van der Waals surface area contributed by atoms with Gasteiger partial charge in [0.2, 0.25) is 0 Å². The minimum Gasteiger partial charge on any atom is -0.0622 e. The van der Waals surface area contributed by atoms with Crippen LogP contribution in [0.4, 0.5) is 0 Å². The molecule has 4 bridgehead atoms. The van der Waals surface area contributed by atoms with E-state index < -0.39 is 0 Å². The fraction of sp³-hybridized carbons (Fsp3) is 0.273. The molecule has 0 atom stereocenters. The molecule has 6 aromatic carbocycles. The maximum atomic E-state index is 2.68. The van der Waals surface area contributed by atoms with Crippen LogP contribution in [-0.4, -0.2) is 0 Å². The van der Waals surface area contributed by atoms with E-state index in [-0.39, 0.29) is 5.41 Å². The van der Waals surface area contributed by atoms with Crippen LogP contribution < -0.4 is 0 Å². The highest BCUT2D eigenvalue weighted by molar-refractivity contribution is 6.21. The van der Waals surface area contributed by atoms with Crippen LogP contribution in [0.3, 0.4) is 0 Å². The third-order valence-electron chi connectivity index (χ3n) is 12.4. The number of hydrogen-bond acceptors (Lipinski definition) is 0. The summed E-state index contributed by atoms with van der Waals surface area (Å²) in [6.45, 7) is 2.32. The van der Waals surface area contributed by atoms with E-state index in [2.05, 4.69) is 122 Å². The van der Waals surface area contributed by atoms with Gasteiger partial charge in [0.25, 0.3) is 0 Å². The highest BCUT2D eigenvalue weighted by atomic mass is 14.6. The first-order chi connectivity index (χ1) is 21.7. The second kappa shape index (κ2) is 9.18. The van der Waals surface area contributed by atoms with Gasteiger partial charge in [-0.25, -0.2) is 0 Å². The summed E-state index contributed by atoms with van der Waals surface area (Å²) in [6.07, 6.45) is 8.28. The molecule has 11 rings (SSSR count). The van der Waals surface area contributed by atoms with Crippen LogP contribution in [0.5, 0.6) is 0 Å². The van der Waals surface area contributed by atoms with Crippen LogP contribution in [-0.2, 0) is 11.8 Å². The molecule has 0 amide bonds. The molecule has 0 heteroatoms. The summed E-state index contributed by atoms with van der Waals surface area (Å²) >= 11 is 0. The zero-order chi connectivity index (χ0) is 29.0. The summed E-state index contributed by atoms with van der Waals surface area (Å²) in [6, 6.07) is 44.4. The van der Waals surface area contributed by atoms with Crippen LogP contribution in [0, 0.1) is 23.7 Å². The summed E-state index contributed by atoms with van der Waals surface area (Å²) in [7, 11) is 0. The first-order valence-electron chi connectivity index (χ1n) is 17.0. The van der Waals surface area contributed by atoms with E-state index >= 15 is 0 Å². The Morgan fingerprint density at radius 3 is 1.57 bits per heavy atom. The number of fused-ring (bicyclic) bond motifs is 5. The van der Waals surface area contributed by atoms with Crippen LogP contribution in [0.15, 0.2) is 115 Å². The van der Waals surface area contributed by atoms with Crippen molar-refractivity contribution in [1.29, 1.82) is 0 Å². The summed E-state index contributed by atoms with van der Waals surface area (Å²) < 4.78 is 0. The van der Waals surface area contributed by atoms with Gasteiger partial charge in [-0.2, -0.15) is 0 Å². The van der Waals surface area contributed by atoms with Crippen LogP contribution in [0.2, 0.25) is 0 Å². The standard InChI is InChI=1S/C44H38/c1-2-27-16-18-34-35-19-17-31(26-41(35)44(40(34)25-27)32-21-28-20-29(23-32)24-33(44)22-28)43-38-14-8-6-12-36(38)42(30-10-4-3-5-11-30)37-13-7-9-15-39(37)43/h3-19,25-26,28-29,32-33H,2,20-24H2,1H3. The fourth-order valence-electron chi connectivity index (χ4n) is 11.0. The van der Waals surface area contributed by atoms with Gasteiger partial charge in [-0.05, 0) is 140 Å². The zero-order valence-corrected chi connectivity index (χ0v) is 25.5. The Morgan fingerprint density at radius 2 is 1.00 bits per heavy atom. The third-order valence-corrected chi connectivity index (χ3v) is 12.4. The maximum Gasteiger partial charge on any atom is 0.0272 e. The Balaban J connectivity index is 1.27. The second-order valence-corrected chi connectivity index (χ2v) is 14.4. The average molecular weight is 567 g/mol. The number of rotatable bonds is 3. The van der Waals surface area contributed by atoms with E-state index in [4.69, 9.17) is 0 Å². The molecular weight excluding hydrogens is 528 g/mol. The van der Waals surface area contributed by atoms with Crippen molar-refractivity contribution in [3.8, 4) is 33.4 Å². The van der Waals surface area contributed by atoms with Gasteiger partial charge in [-0.15, -0.1) is 0 Å². The molecule has 214 valence electrons. The van der Waals surface area contributed by atoms with Gasteiger partial charge in [0.15, 0.2) is 0 Å². The van der Waals surface area contributed by atoms with E-state index in [0.717, 1.165) is 30.1 Å². The van der Waals surface area contributed by atoms with Gasteiger partial charge in [-0.3, -0.25) is 0 Å². The molecule has 0 aromatic heterocycles. The van der Waals surface area contributed by atoms with Crippen molar-refractivity contribution in [2.75, 3.05) is 0 Å². The van der Waals surface area contributed by atoms with E-state index in [9.17, 15) is 0 Å². The third kappa shape index (κ3) is 3.24. The molecule has 1 spiro atoms. The molecule has 0 unspecified atom stereocenters. The lowest BCUT2D eigenvalue weighted by Gasteiger charge is -2.61. The minimum atomic E-state index is 0.175. The fourth-order valence-corrected chi connectivity index (χ4v) is 11.0. The first-order valence-corrected chi connectivity index (χ1v) is 17.0. The molecule has 5 aliphatic rings. The van der Waals surface area contributed by atoms with Gasteiger partial charge in [-0.1, -0.05) is 116 Å². The summed E-state index contributed by atoms with van der Waals surface area (Å²) in [5.74, 6) is 3.45. The Bertz CT molecular complexity index is 2030. The predicted octanol–water partition coefficient (Wildman–Crippen LogP) is 11.6. The van der Waals surface area contributed by atoms with E-state index in [1.165, 1.54) is 92.6 Å². The lowest BCUT2D eigenvalue weighted by Crippen LogP contribution is -2.55. The summed E-state index contributed by atoms with van der Waals surface area (Å²) in [4.78, 5) is 0. The minimum absolute atomic E-state index is 0.175. The van der Waals surface area contributed by atoms with Gasteiger partial charge < -0.3 is 0 Å². The van der Waals surface area contributed by atoms with Crippen molar-refractivity contribution < 1.29 is 0 Å². The van der Waals surface area contributed by atoms with Crippen molar-refractivity contribution in [3.63, 3.8) is 0 Å². The topological polar surface area (TPSA) is 0 Å². The molecule has 44 heavy (non-hydrogen) atoms. The molecule has 0 radical (unpaired) electrons. The molecule has 6 aromatic rings. The molecule has 0 aliphatic heterocycles. The highest BCUT2D eigenvalue weighted by Gasteiger charge is 2.61. The number of aryl methyl sites for hydroxylation is 1. The van der Waals surface area contributed by atoms with E-state index in [0.29, 0.717) is 0 Å². The lowest BCUT2D eigenvalue weighted by molar-refractivity contribution is -0.0399. The Labute approximate surface area is 260 Å². The molecular formula is C44H38. The van der Waals surface area contributed by atoms with E-state index in [1.54, 1.807) is 11.1 Å². The Kier molecular flexibility index (Phi) is 5.26. The van der Waals surface area contributed by atoms with Crippen LogP contribution >= 0.6 is 0 Å². The second-order valence-electron chi connectivity index (χ2n) is 14.4. The summed E-state index contributed by atoms with van der Waals surface area (Å²) in [5, 5.41) is 5.39. The lowest BCUT2D eigenvalue weighted by atomic mass is 9.43. The van der Waals surface area contributed by atoms with Crippen molar-refractivity contribution in [1.82, 2.24) is 0 Å². The van der Waals surface area contributed by atoms with Gasteiger partial charge in [0, 0.05) is 5.41 Å². The first kappa shape index (κ1) is 25.2. The molecule has 0 heterocycles. The monoisotopic (exact) mass is 566 g/mol. The number of benzene rings is 6. The largest absolute Gasteiger partial charge is 0.0622 e. The molecule has 5 aliphatic carbocycles. The quantitative estimate of drug-likeness (QED) is 0.187. The van der Waals surface area contributed by atoms with Crippen LogP contribution in [0.25, 0.3) is 54.9 Å². The molecule has 0 nitrogen and oxygen atoms in total. The summed E-state index contributed by atoms with van der Waals surface area (Å²) in [5.41, 5.74) is 13.4. The van der Waals surface area contributed by atoms with Crippen molar-refractivity contribution in [3.05, 3.63) is 132 Å². The highest BCUT2D eigenvalue weighted by Crippen LogP contribution is 2.69. The normalized spacial score (nSPS) is 26.0. The van der Waals surface area contributed by atoms with Crippen molar-refractivity contribution >= 4 is 21.5 Å². The smallest absolute Gasteiger partial charge is 0.0272 e. The maximum absolute atomic E-state index is 2.68. The van der Waals surface area contributed by atoms with Gasteiger partial charge in [0.1, 0.15) is 0 Å². The Morgan fingerprint density at radius 1 is 0.500 bits per heavy atom. The zero-order valence-electron chi connectivity index (χ0n) is 25.5. The molecule has 0 N–H and O–H groups in total. The SMILES string of the molecule is CCc1ccc2c(c1)C1(c3cc(-c4c5ccccc5c(-c5ccccc5)c5ccccc45)ccc3-2)C2CC3CC(C2)CC1C3. The van der Waals surface area contributed by atoms with Gasteiger partial charge in [0.05, 0.1) is 0 Å². The predicted molar refractivity (Wildman–Crippen MR) is 185 cm³/mol. The van der Waals surface area contributed by atoms with Crippen molar-refractivity contribution in [2.45, 2.75) is 50.9 Å².